The third-order valence-electron chi connectivity index (χ3n) is 4.39. The Morgan fingerprint density at radius 3 is 2.47 bits per heavy atom. The molecule has 0 spiro atoms. The minimum atomic E-state index is 0.719. The van der Waals surface area contributed by atoms with E-state index in [1.54, 1.807) is 0 Å². The summed E-state index contributed by atoms with van der Waals surface area (Å²) in [6.45, 7) is 4.66. The molecule has 1 saturated heterocycles. The van der Waals surface area contributed by atoms with E-state index in [-0.39, 0.29) is 0 Å². The third kappa shape index (κ3) is 2.71. The summed E-state index contributed by atoms with van der Waals surface area (Å²) >= 11 is 0. The van der Waals surface area contributed by atoms with Gasteiger partial charge in [-0.05, 0) is 44.7 Å². The molecule has 1 aliphatic heterocycles. The first-order valence-corrected chi connectivity index (χ1v) is 7.01. The largest absolute Gasteiger partial charge is 0.300 e. The molecule has 1 aliphatic rings. The highest BCUT2D eigenvalue weighted by molar-refractivity contribution is 5.22. The Bertz CT molecular complexity index is 333. The van der Waals surface area contributed by atoms with Crippen LogP contribution in [0.1, 0.15) is 51.0 Å². The van der Waals surface area contributed by atoms with E-state index in [1.165, 1.54) is 31.2 Å². The summed E-state index contributed by atoms with van der Waals surface area (Å²) in [5, 5.41) is 0. The van der Waals surface area contributed by atoms with Gasteiger partial charge in [0.05, 0.1) is 0 Å². The quantitative estimate of drug-likeness (QED) is 0.755. The molecule has 1 fully saturated rings. The fourth-order valence-corrected chi connectivity index (χ4v) is 3.22. The lowest BCUT2D eigenvalue weighted by molar-refractivity contribution is 0.218. The van der Waals surface area contributed by atoms with Crippen molar-refractivity contribution < 1.29 is 0 Å². The second-order valence-corrected chi connectivity index (χ2v) is 5.47. The van der Waals surface area contributed by atoms with Crippen LogP contribution in [0, 0.1) is 0 Å². The third-order valence-corrected chi connectivity index (χ3v) is 4.39. The minimum Gasteiger partial charge on any atom is -0.300 e. The molecule has 17 heavy (non-hydrogen) atoms. The Morgan fingerprint density at radius 2 is 1.94 bits per heavy atom. The maximum Gasteiger partial charge on any atom is 0.0164 e. The molecule has 1 heterocycles. The van der Waals surface area contributed by atoms with Crippen molar-refractivity contribution in [1.82, 2.24) is 4.90 Å². The molecule has 1 heteroatoms. The van der Waals surface area contributed by atoms with E-state index < -0.39 is 0 Å². The highest BCUT2D eigenvalue weighted by atomic mass is 15.2. The van der Waals surface area contributed by atoms with Crippen LogP contribution in [0.3, 0.4) is 0 Å². The Hall–Kier alpha value is -0.820. The molecule has 0 radical (unpaired) electrons. The molecule has 1 nitrogen and oxygen atoms in total. The van der Waals surface area contributed by atoms with Gasteiger partial charge in [-0.2, -0.15) is 0 Å². The fourth-order valence-electron chi connectivity index (χ4n) is 3.22. The number of benzene rings is 1. The molecule has 0 amide bonds. The van der Waals surface area contributed by atoms with Crippen LogP contribution in [-0.2, 0) is 0 Å². The average Bonchev–Trinajstić information content (AvgIpc) is 2.69. The summed E-state index contributed by atoms with van der Waals surface area (Å²) in [6, 6.07) is 12.6. The van der Waals surface area contributed by atoms with Crippen LogP contribution >= 0.6 is 0 Å². The Morgan fingerprint density at radius 1 is 1.24 bits per heavy atom. The van der Waals surface area contributed by atoms with Crippen molar-refractivity contribution in [1.29, 1.82) is 0 Å². The van der Waals surface area contributed by atoms with Crippen LogP contribution in [0.25, 0.3) is 0 Å². The van der Waals surface area contributed by atoms with Gasteiger partial charge in [0, 0.05) is 12.1 Å². The molecule has 0 bridgehead atoms. The summed E-state index contributed by atoms with van der Waals surface area (Å²) in [4.78, 5) is 2.59. The van der Waals surface area contributed by atoms with Crippen molar-refractivity contribution >= 4 is 0 Å². The molecular formula is C16H25N. The van der Waals surface area contributed by atoms with Gasteiger partial charge in [0.15, 0.2) is 0 Å². The topological polar surface area (TPSA) is 3.24 Å². The smallest absolute Gasteiger partial charge is 0.0164 e. The number of rotatable bonds is 4. The summed E-state index contributed by atoms with van der Waals surface area (Å²) in [5.74, 6) is 0.719. The lowest BCUT2D eigenvalue weighted by Gasteiger charge is -2.31. The summed E-state index contributed by atoms with van der Waals surface area (Å²) in [5.41, 5.74) is 1.53. The van der Waals surface area contributed by atoms with Gasteiger partial charge in [0.1, 0.15) is 0 Å². The first-order chi connectivity index (χ1) is 8.24. The minimum absolute atomic E-state index is 0.719. The SMILES string of the molecule is CCCC(c1ccccc1)[C@H]1CC[C@H](C)N1C. The number of likely N-dealkylation sites (tertiary alicyclic amines) is 1. The van der Waals surface area contributed by atoms with E-state index >= 15 is 0 Å². The zero-order valence-corrected chi connectivity index (χ0v) is 11.4. The molecule has 3 atom stereocenters. The number of hydrogen-bond acceptors (Lipinski definition) is 1. The first kappa shape index (κ1) is 12.6. The molecule has 0 aliphatic carbocycles. The second kappa shape index (κ2) is 5.68. The van der Waals surface area contributed by atoms with E-state index in [4.69, 9.17) is 0 Å². The van der Waals surface area contributed by atoms with Crippen LogP contribution in [0.2, 0.25) is 0 Å². The van der Waals surface area contributed by atoms with Crippen molar-refractivity contribution in [3.8, 4) is 0 Å². The van der Waals surface area contributed by atoms with Crippen molar-refractivity contribution in [3.05, 3.63) is 35.9 Å². The molecule has 0 aromatic heterocycles. The van der Waals surface area contributed by atoms with E-state index in [2.05, 4.69) is 56.1 Å². The number of likely N-dealkylation sites (N-methyl/N-ethyl adjacent to an activating group) is 1. The molecule has 1 aromatic carbocycles. The average molecular weight is 231 g/mol. The summed E-state index contributed by atoms with van der Waals surface area (Å²) in [7, 11) is 2.30. The van der Waals surface area contributed by atoms with Gasteiger partial charge in [-0.1, -0.05) is 43.7 Å². The van der Waals surface area contributed by atoms with E-state index in [0.29, 0.717) is 0 Å². The van der Waals surface area contributed by atoms with Crippen LogP contribution in [0.5, 0.6) is 0 Å². The molecule has 2 rings (SSSR count). The zero-order chi connectivity index (χ0) is 12.3. The predicted molar refractivity (Wildman–Crippen MR) is 74.3 cm³/mol. The molecule has 94 valence electrons. The van der Waals surface area contributed by atoms with E-state index in [1.807, 2.05) is 0 Å². The van der Waals surface area contributed by atoms with Gasteiger partial charge in [-0.25, -0.2) is 0 Å². The van der Waals surface area contributed by atoms with Gasteiger partial charge < -0.3 is 4.90 Å². The predicted octanol–water partition coefficient (Wildman–Crippen LogP) is 4.05. The number of nitrogens with zero attached hydrogens (tertiary/aromatic N) is 1. The molecule has 0 saturated carbocycles. The van der Waals surface area contributed by atoms with Crippen LogP contribution < -0.4 is 0 Å². The highest BCUT2D eigenvalue weighted by Gasteiger charge is 2.33. The zero-order valence-electron chi connectivity index (χ0n) is 11.4. The van der Waals surface area contributed by atoms with Crippen molar-refractivity contribution in [2.45, 2.75) is 57.5 Å². The van der Waals surface area contributed by atoms with E-state index in [9.17, 15) is 0 Å². The van der Waals surface area contributed by atoms with Crippen LogP contribution in [0.4, 0.5) is 0 Å². The maximum absolute atomic E-state index is 2.59. The molecule has 1 aromatic rings. The summed E-state index contributed by atoms with van der Waals surface area (Å²) < 4.78 is 0. The van der Waals surface area contributed by atoms with Crippen molar-refractivity contribution in [2.75, 3.05) is 7.05 Å². The first-order valence-electron chi connectivity index (χ1n) is 7.01. The van der Waals surface area contributed by atoms with Crippen molar-refractivity contribution in [2.24, 2.45) is 0 Å². The van der Waals surface area contributed by atoms with E-state index in [0.717, 1.165) is 18.0 Å². The van der Waals surface area contributed by atoms with Gasteiger partial charge >= 0.3 is 0 Å². The van der Waals surface area contributed by atoms with Gasteiger partial charge in [0.2, 0.25) is 0 Å². The Balaban J connectivity index is 2.18. The standard InChI is InChI=1S/C16H25N/c1-4-8-15(14-9-6-5-7-10-14)16-12-11-13(2)17(16)3/h5-7,9-10,13,15-16H,4,8,11-12H2,1-3H3/t13-,15?,16+/m0/s1. The number of hydrogen-bond donors (Lipinski definition) is 0. The van der Waals surface area contributed by atoms with Gasteiger partial charge in [-0.15, -0.1) is 0 Å². The second-order valence-electron chi connectivity index (χ2n) is 5.47. The monoisotopic (exact) mass is 231 g/mol. The van der Waals surface area contributed by atoms with Crippen molar-refractivity contribution in [3.63, 3.8) is 0 Å². The highest BCUT2D eigenvalue weighted by Crippen LogP contribution is 2.35. The van der Waals surface area contributed by atoms with Gasteiger partial charge in [0.25, 0.3) is 0 Å². The summed E-state index contributed by atoms with van der Waals surface area (Å²) in [6.07, 6.45) is 5.30. The molecule has 0 N–H and O–H groups in total. The van der Waals surface area contributed by atoms with Gasteiger partial charge in [-0.3, -0.25) is 0 Å². The Kier molecular flexibility index (Phi) is 4.22. The maximum atomic E-state index is 2.59. The van der Waals surface area contributed by atoms with Crippen LogP contribution in [0.15, 0.2) is 30.3 Å². The normalized spacial score (nSPS) is 27.2. The fraction of sp³-hybridized carbons (Fsp3) is 0.625. The van der Waals surface area contributed by atoms with Crippen LogP contribution in [-0.4, -0.2) is 24.0 Å². The molecular weight excluding hydrogens is 206 g/mol. The Labute approximate surface area is 106 Å². The molecule has 1 unspecified atom stereocenters. The lowest BCUT2D eigenvalue weighted by atomic mass is 9.86. The lowest BCUT2D eigenvalue weighted by Crippen LogP contribution is -2.35.